The van der Waals surface area contributed by atoms with Crippen LogP contribution < -0.4 is 14.4 Å². The summed E-state index contributed by atoms with van der Waals surface area (Å²) in [5, 5.41) is 0.746. The van der Waals surface area contributed by atoms with Crippen molar-refractivity contribution in [1.29, 1.82) is 0 Å². The number of rotatable bonds is 2. The smallest absolute Gasteiger partial charge is 0.330 e. The molecule has 0 unspecified atom stereocenters. The average molecular weight is 737 g/mol. The van der Waals surface area contributed by atoms with Crippen molar-refractivity contribution in [2.75, 3.05) is 57.2 Å². The number of halogens is 1. The van der Waals surface area contributed by atoms with Crippen molar-refractivity contribution in [1.82, 2.24) is 9.62 Å². The van der Waals surface area contributed by atoms with Crippen LogP contribution in [0.4, 0.5) is 10.5 Å². The van der Waals surface area contributed by atoms with E-state index < -0.39 is 21.9 Å². The second-order valence-corrected chi connectivity index (χ2v) is 18.3. The van der Waals surface area contributed by atoms with E-state index in [-0.39, 0.29) is 28.8 Å². The number of benzene rings is 2. The molecule has 2 saturated heterocycles. The minimum absolute atomic E-state index is 0.0418. The number of methoxy groups -OCH3 is 1. The third kappa shape index (κ3) is 6.80. The van der Waals surface area contributed by atoms with Gasteiger partial charge in [0.05, 0.1) is 37.2 Å². The van der Waals surface area contributed by atoms with Gasteiger partial charge in [0.1, 0.15) is 21.3 Å². The Labute approximate surface area is 306 Å². The van der Waals surface area contributed by atoms with Crippen LogP contribution in [0.5, 0.6) is 5.75 Å². The number of hydrogen-bond donors (Lipinski definition) is 1. The molecule has 3 fully saturated rings. The molecule has 6 aliphatic rings. The molecule has 2 spiro atoms. The van der Waals surface area contributed by atoms with E-state index >= 15 is 0 Å². The van der Waals surface area contributed by atoms with Gasteiger partial charge in [-0.1, -0.05) is 36.7 Å². The number of urea groups is 1. The first kappa shape index (κ1) is 34.9. The van der Waals surface area contributed by atoms with E-state index in [0.29, 0.717) is 55.9 Å². The van der Waals surface area contributed by atoms with Crippen LogP contribution in [0.25, 0.3) is 0 Å². The standard InChI is InChI=1S/C39H49ClN4O6S/c1-26-6-3-8-34(48-2)31-12-9-29(31)20-43-22-38(15-4-7-27-18-30(40)11-13-32(27)38)25-49-35-14-10-28(19-33(35)43)36(45)41-51(47,21-26)42-37(46)44-23-39(24-44)16-5-17-50-39/h3,8,10-11,13-14,18-19,26,29,31,34H,4-7,9,12,15-17,20-25H2,1-2H3,(H,41,42,45,46,47)/b8-3+/t26-,29-,31+,34-,38-,51-/m0/s1. The zero-order valence-electron chi connectivity index (χ0n) is 29.6. The number of nitrogens with zero attached hydrogens (tertiary/aromatic N) is 3. The van der Waals surface area contributed by atoms with E-state index in [0.717, 1.165) is 68.7 Å². The van der Waals surface area contributed by atoms with E-state index in [9.17, 15) is 13.8 Å². The molecule has 1 saturated carbocycles. The third-order valence-electron chi connectivity index (χ3n) is 12.2. The fourth-order valence-electron chi connectivity index (χ4n) is 9.37. The normalized spacial score (nSPS) is 33.5. The fourth-order valence-corrected chi connectivity index (χ4v) is 11.4. The molecule has 1 N–H and O–H groups in total. The molecule has 8 rings (SSSR count). The van der Waals surface area contributed by atoms with Crippen LogP contribution in [0.2, 0.25) is 5.02 Å². The van der Waals surface area contributed by atoms with Gasteiger partial charge in [0.2, 0.25) is 0 Å². The van der Waals surface area contributed by atoms with Gasteiger partial charge in [-0.25, -0.2) is 9.00 Å². The molecule has 2 bridgehead atoms. The van der Waals surface area contributed by atoms with Crippen molar-refractivity contribution in [3.8, 4) is 5.75 Å². The maximum atomic E-state index is 14.6. The number of ether oxygens (including phenoxy) is 3. The number of carbonyl (C=O) groups excluding carboxylic acids is 2. The van der Waals surface area contributed by atoms with Crippen molar-refractivity contribution in [3.63, 3.8) is 0 Å². The predicted octanol–water partition coefficient (Wildman–Crippen LogP) is 6.55. The number of fused-ring (bicyclic) bond motifs is 4. The molecule has 0 radical (unpaired) electrons. The Balaban J connectivity index is 1.16. The number of anilines is 1. The summed E-state index contributed by atoms with van der Waals surface area (Å²) in [6.07, 6.45) is 11.9. The Kier molecular flexibility index (Phi) is 9.38. The maximum absolute atomic E-state index is 14.6. The maximum Gasteiger partial charge on any atom is 0.330 e. The second-order valence-electron chi connectivity index (χ2n) is 15.9. The van der Waals surface area contributed by atoms with E-state index in [1.807, 2.05) is 25.1 Å². The number of likely N-dealkylation sites (tertiary alicyclic amines) is 1. The molecule has 2 aromatic carbocycles. The van der Waals surface area contributed by atoms with Crippen LogP contribution in [0.3, 0.4) is 0 Å². The molecule has 4 aliphatic heterocycles. The molecule has 6 atom stereocenters. The Morgan fingerprint density at radius 1 is 1.12 bits per heavy atom. The molecule has 2 aliphatic carbocycles. The van der Waals surface area contributed by atoms with E-state index in [1.165, 1.54) is 11.1 Å². The molecule has 10 nitrogen and oxygen atoms in total. The van der Waals surface area contributed by atoms with Crippen LogP contribution in [0, 0.1) is 17.8 Å². The highest BCUT2D eigenvalue weighted by molar-refractivity contribution is 7.92. The lowest BCUT2D eigenvalue weighted by atomic mass is 9.68. The summed E-state index contributed by atoms with van der Waals surface area (Å²) in [7, 11) is -1.70. The monoisotopic (exact) mass is 736 g/mol. The fraction of sp³-hybridized carbons (Fsp3) is 0.590. The summed E-state index contributed by atoms with van der Waals surface area (Å²) in [4.78, 5) is 31.4. The van der Waals surface area contributed by atoms with Gasteiger partial charge in [-0.3, -0.25) is 9.52 Å². The molecular weight excluding hydrogens is 688 g/mol. The molecule has 12 heteroatoms. The van der Waals surface area contributed by atoms with Crippen LogP contribution >= 0.6 is 11.6 Å². The largest absolute Gasteiger partial charge is 0.490 e. The lowest BCUT2D eigenvalue weighted by molar-refractivity contribution is -0.0905. The minimum atomic E-state index is -3.48. The second kappa shape index (κ2) is 13.7. The predicted molar refractivity (Wildman–Crippen MR) is 198 cm³/mol. The highest BCUT2D eigenvalue weighted by Gasteiger charge is 2.49. The first-order valence-electron chi connectivity index (χ1n) is 18.6. The number of amides is 3. The van der Waals surface area contributed by atoms with Crippen molar-refractivity contribution in [2.45, 2.75) is 75.4 Å². The summed E-state index contributed by atoms with van der Waals surface area (Å²) in [5.74, 6) is 0.773. The SMILES string of the molecule is CO[C@H]1/C=C/C[C@H](C)C[S@@](=O)(NC(=O)N2CC3(CCCO3)C2)=NC(=O)c2ccc3c(c2)N(C[C@@H]2CC[C@H]21)C[C@@]1(CCCc2cc(Cl)ccc21)CO3. The van der Waals surface area contributed by atoms with Crippen molar-refractivity contribution in [3.05, 3.63) is 70.3 Å². The Morgan fingerprint density at radius 3 is 2.75 bits per heavy atom. The quantitative estimate of drug-likeness (QED) is 0.349. The number of nitrogens with one attached hydrogen (secondary N) is 1. The first-order valence-corrected chi connectivity index (χ1v) is 20.6. The number of allylic oxidation sites excluding steroid dienone is 1. The highest BCUT2D eigenvalue weighted by atomic mass is 35.5. The van der Waals surface area contributed by atoms with Gasteiger partial charge in [-0.15, -0.1) is 4.36 Å². The minimum Gasteiger partial charge on any atom is -0.490 e. The molecule has 51 heavy (non-hydrogen) atoms. The van der Waals surface area contributed by atoms with Crippen molar-refractivity contribution >= 4 is 39.1 Å². The molecular formula is C39H49ClN4O6S. The molecule has 2 aromatic rings. The van der Waals surface area contributed by atoms with Gasteiger partial charge in [0, 0.05) is 42.8 Å². The van der Waals surface area contributed by atoms with Gasteiger partial charge >= 0.3 is 6.03 Å². The van der Waals surface area contributed by atoms with Crippen molar-refractivity contribution in [2.24, 2.45) is 22.1 Å². The lowest BCUT2D eigenvalue weighted by Crippen LogP contribution is -2.65. The topological polar surface area (TPSA) is 110 Å². The zero-order chi connectivity index (χ0) is 35.4. The van der Waals surface area contributed by atoms with Gasteiger partial charge in [-0.2, -0.15) is 0 Å². The first-order chi connectivity index (χ1) is 24.6. The number of carbonyl (C=O) groups is 2. The van der Waals surface area contributed by atoms with Crippen molar-refractivity contribution < 1.29 is 28.0 Å². The zero-order valence-corrected chi connectivity index (χ0v) is 31.2. The van der Waals surface area contributed by atoms with E-state index in [2.05, 4.69) is 38.3 Å². The summed E-state index contributed by atoms with van der Waals surface area (Å²) < 4.78 is 40.2. The van der Waals surface area contributed by atoms with Crippen LogP contribution in [0.1, 0.15) is 73.4 Å². The molecule has 4 heterocycles. The number of aryl methyl sites for hydroxylation is 1. The molecule has 3 amide bonds. The Hall–Kier alpha value is -3.12. The highest BCUT2D eigenvalue weighted by Crippen LogP contribution is 2.47. The third-order valence-corrected chi connectivity index (χ3v) is 14.4. The van der Waals surface area contributed by atoms with Gasteiger partial charge in [0.25, 0.3) is 5.91 Å². The van der Waals surface area contributed by atoms with Gasteiger partial charge < -0.3 is 24.0 Å². The average Bonchev–Trinajstić information content (AvgIpc) is 3.52. The summed E-state index contributed by atoms with van der Waals surface area (Å²) >= 11 is 6.46. The van der Waals surface area contributed by atoms with E-state index in [1.54, 1.807) is 18.1 Å². The van der Waals surface area contributed by atoms with Crippen LogP contribution in [-0.2, 0) is 31.2 Å². The van der Waals surface area contributed by atoms with Crippen LogP contribution in [-0.4, -0.2) is 85.0 Å². The number of hydrogen-bond acceptors (Lipinski definition) is 7. The van der Waals surface area contributed by atoms with Gasteiger partial charge in [0.15, 0.2) is 0 Å². The summed E-state index contributed by atoms with van der Waals surface area (Å²) in [6, 6.07) is 11.2. The lowest BCUT2D eigenvalue weighted by Gasteiger charge is -2.46. The van der Waals surface area contributed by atoms with Crippen LogP contribution in [0.15, 0.2) is 52.9 Å². The summed E-state index contributed by atoms with van der Waals surface area (Å²) in [5.41, 5.74) is 3.16. The Morgan fingerprint density at radius 2 is 1.98 bits per heavy atom. The van der Waals surface area contributed by atoms with Gasteiger partial charge in [-0.05, 0) is 111 Å². The Bertz CT molecular complexity index is 1850. The van der Waals surface area contributed by atoms with E-state index in [4.69, 9.17) is 25.8 Å². The molecule has 274 valence electrons. The molecule has 0 aromatic heterocycles. The summed E-state index contributed by atoms with van der Waals surface area (Å²) in [6.45, 7) is 5.59.